The molecule has 0 saturated heterocycles. The summed E-state index contributed by atoms with van der Waals surface area (Å²) >= 11 is 0. The summed E-state index contributed by atoms with van der Waals surface area (Å²) < 4.78 is 0. The molecule has 0 aliphatic carbocycles. The van der Waals surface area contributed by atoms with Gasteiger partial charge in [-0.15, -0.1) is 0 Å². The van der Waals surface area contributed by atoms with Crippen molar-refractivity contribution in [3.8, 4) is 0 Å². The van der Waals surface area contributed by atoms with Crippen LogP contribution in [0.4, 0.5) is 23.0 Å². The van der Waals surface area contributed by atoms with Crippen molar-refractivity contribution in [2.24, 2.45) is 5.16 Å². The Hall–Kier alpha value is -2.83. The molecule has 2 aromatic rings. The molecule has 0 aliphatic rings. The molecule has 0 radical (unpaired) electrons. The van der Waals surface area contributed by atoms with Crippen molar-refractivity contribution in [2.75, 3.05) is 36.1 Å². The fourth-order valence-corrected chi connectivity index (χ4v) is 2.22. The second-order valence-electron chi connectivity index (χ2n) is 4.78. The highest BCUT2D eigenvalue weighted by molar-refractivity contribution is 5.92. The maximum atomic E-state index is 5.87. The van der Waals surface area contributed by atoms with E-state index in [4.69, 9.17) is 10.6 Å². The molecule has 0 unspecified atom stereocenters. The van der Waals surface area contributed by atoms with Gasteiger partial charge in [0, 0.05) is 24.5 Å². The van der Waals surface area contributed by atoms with E-state index in [9.17, 15) is 0 Å². The highest BCUT2D eigenvalue weighted by Crippen LogP contribution is 2.23. The van der Waals surface area contributed by atoms with Crippen LogP contribution in [0.2, 0.25) is 0 Å². The summed E-state index contributed by atoms with van der Waals surface area (Å²) in [5.74, 6) is 0.914. The Morgan fingerprint density at radius 3 is 2.52 bits per heavy atom. The van der Waals surface area contributed by atoms with E-state index in [1.54, 1.807) is 0 Å². The van der Waals surface area contributed by atoms with Crippen LogP contribution >= 0.6 is 0 Å². The molecule has 0 amide bonds. The van der Waals surface area contributed by atoms with Gasteiger partial charge in [0.05, 0.1) is 11.8 Å². The number of hydrogen-bond donors (Lipinski definition) is 2. The number of nitrogen functional groups attached to an aromatic ring is 1. The zero-order valence-electron chi connectivity index (χ0n) is 13.7. The molecular weight excluding hydrogens is 292 g/mol. The summed E-state index contributed by atoms with van der Waals surface area (Å²) in [5.41, 5.74) is 8.55. The van der Waals surface area contributed by atoms with E-state index in [0.29, 0.717) is 17.2 Å². The molecule has 122 valence electrons. The smallest absolute Gasteiger partial charge is 0.144 e. The van der Waals surface area contributed by atoms with E-state index in [0.717, 1.165) is 18.8 Å². The van der Waals surface area contributed by atoms with Crippen molar-refractivity contribution in [3.63, 3.8) is 0 Å². The van der Waals surface area contributed by atoms with Crippen molar-refractivity contribution in [2.45, 2.75) is 13.8 Å². The Kier molecular flexibility index (Phi) is 5.74. The van der Waals surface area contributed by atoms with Gasteiger partial charge in [-0.25, -0.2) is 9.97 Å². The van der Waals surface area contributed by atoms with Gasteiger partial charge in [-0.2, -0.15) is 0 Å². The van der Waals surface area contributed by atoms with Gasteiger partial charge in [-0.3, -0.25) is 0 Å². The number of hydrogen-bond acceptors (Lipinski definition) is 7. The van der Waals surface area contributed by atoms with E-state index in [-0.39, 0.29) is 0 Å². The van der Waals surface area contributed by atoms with Gasteiger partial charge in [0.2, 0.25) is 0 Å². The van der Waals surface area contributed by atoms with E-state index in [2.05, 4.69) is 51.3 Å². The van der Waals surface area contributed by atoms with Gasteiger partial charge >= 0.3 is 0 Å². The highest BCUT2D eigenvalue weighted by Gasteiger charge is 2.08. The van der Waals surface area contributed by atoms with Crippen molar-refractivity contribution in [1.82, 2.24) is 9.97 Å². The molecule has 1 aromatic heterocycles. The van der Waals surface area contributed by atoms with Gasteiger partial charge in [0.1, 0.15) is 25.1 Å². The third-order valence-corrected chi connectivity index (χ3v) is 3.46. The van der Waals surface area contributed by atoms with Crippen LogP contribution in [0.25, 0.3) is 0 Å². The van der Waals surface area contributed by atoms with E-state index in [1.165, 1.54) is 25.3 Å². The molecule has 7 heteroatoms. The van der Waals surface area contributed by atoms with Gasteiger partial charge in [0.15, 0.2) is 0 Å². The lowest BCUT2D eigenvalue weighted by Crippen LogP contribution is -2.21. The topological polar surface area (TPSA) is 88.7 Å². The maximum absolute atomic E-state index is 5.87. The molecule has 1 aromatic carbocycles. The zero-order valence-corrected chi connectivity index (χ0v) is 13.7. The van der Waals surface area contributed by atoms with Crippen molar-refractivity contribution in [1.29, 1.82) is 0 Å². The lowest BCUT2D eigenvalue weighted by Gasteiger charge is -2.21. The summed E-state index contributed by atoms with van der Waals surface area (Å²) in [6.45, 7) is 6.23. The van der Waals surface area contributed by atoms with E-state index < -0.39 is 0 Å². The maximum Gasteiger partial charge on any atom is 0.144 e. The monoisotopic (exact) mass is 314 g/mol. The normalized spacial score (nSPS) is 10.7. The van der Waals surface area contributed by atoms with Crippen molar-refractivity contribution < 1.29 is 4.84 Å². The minimum atomic E-state index is 0.336. The van der Waals surface area contributed by atoms with Crippen LogP contribution in [0.1, 0.15) is 19.4 Å². The fourth-order valence-electron chi connectivity index (χ4n) is 2.22. The van der Waals surface area contributed by atoms with Crippen molar-refractivity contribution >= 4 is 29.2 Å². The standard InChI is InChI=1S/C16H22N6O/c1-4-22(5-2)13-8-6-12(7-9-13)21-16-14(10-20-23-3)15(17)18-11-19-16/h6-11H,4-5H2,1-3H3,(H3,17,18,19,21). The van der Waals surface area contributed by atoms with Crippen LogP contribution < -0.4 is 16.0 Å². The SMILES string of the molecule is CCN(CC)c1ccc(Nc2ncnc(N)c2C=NOC)cc1. The predicted octanol–water partition coefficient (Wildman–Crippen LogP) is 2.63. The van der Waals surface area contributed by atoms with Crippen LogP contribution in [0.5, 0.6) is 0 Å². The Bertz CT molecular complexity index is 652. The van der Waals surface area contributed by atoms with Crippen LogP contribution in [0.15, 0.2) is 35.7 Å². The summed E-state index contributed by atoms with van der Waals surface area (Å²) in [6, 6.07) is 8.15. The van der Waals surface area contributed by atoms with Crippen LogP contribution in [-0.2, 0) is 4.84 Å². The van der Waals surface area contributed by atoms with E-state index in [1.807, 2.05) is 12.1 Å². The Morgan fingerprint density at radius 1 is 1.22 bits per heavy atom. The quantitative estimate of drug-likeness (QED) is 0.603. The number of oxime groups is 1. The molecule has 0 fully saturated rings. The molecular formula is C16H22N6O. The Balaban J connectivity index is 2.22. The summed E-state index contributed by atoms with van der Waals surface area (Å²) in [5, 5.41) is 6.96. The number of nitrogens with one attached hydrogen (secondary N) is 1. The minimum absolute atomic E-state index is 0.336. The van der Waals surface area contributed by atoms with Gasteiger partial charge in [-0.05, 0) is 38.1 Å². The fraction of sp³-hybridized carbons (Fsp3) is 0.312. The average Bonchev–Trinajstić information content (AvgIpc) is 2.57. The molecule has 2 rings (SSSR count). The summed E-state index contributed by atoms with van der Waals surface area (Å²) in [7, 11) is 1.47. The first-order valence-corrected chi connectivity index (χ1v) is 7.48. The number of aromatic nitrogens is 2. The molecule has 0 bridgehead atoms. The molecule has 1 heterocycles. The predicted molar refractivity (Wildman–Crippen MR) is 94.3 cm³/mol. The van der Waals surface area contributed by atoms with Crippen LogP contribution in [-0.4, -0.2) is 36.4 Å². The molecule has 0 atom stereocenters. The molecule has 0 saturated carbocycles. The van der Waals surface area contributed by atoms with E-state index >= 15 is 0 Å². The first-order chi connectivity index (χ1) is 11.2. The third-order valence-electron chi connectivity index (χ3n) is 3.46. The third kappa shape index (κ3) is 4.09. The minimum Gasteiger partial charge on any atom is -0.399 e. The second-order valence-corrected chi connectivity index (χ2v) is 4.78. The lowest BCUT2D eigenvalue weighted by molar-refractivity contribution is 0.215. The molecule has 3 N–H and O–H groups in total. The Morgan fingerprint density at radius 2 is 1.91 bits per heavy atom. The highest BCUT2D eigenvalue weighted by atomic mass is 16.6. The number of nitrogens with two attached hydrogens (primary N) is 1. The number of nitrogens with zero attached hydrogens (tertiary/aromatic N) is 4. The van der Waals surface area contributed by atoms with Gasteiger partial charge in [0.25, 0.3) is 0 Å². The molecule has 7 nitrogen and oxygen atoms in total. The summed E-state index contributed by atoms with van der Waals surface area (Å²) in [6.07, 6.45) is 2.90. The largest absolute Gasteiger partial charge is 0.399 e. The second kappa shape index (κ2) is 7.98. The zero-order chi connectivity index (χ0) is 16.7. The average molecular weight is 314 g/mol. The lowest BCUT2D eigenvalue weighted by atomic mass is 10.2. The first kappa shape index (κ1) is 16.5. The number of rotatable bonds is 7. The first-order valence-electron chi connectivity index (χ1n) is 7.48. The molecule has 0 spiro atoms. The number of anilines is 4. The van der Waals surface area contributed by atoms with Crippen molar-refractivity contribution in [3.05, 3.63) is 36.2 Å². The van der Waals surface area contributed by atoms with Crippen LogP contribution in [0.3, 0.4) is 0 Å². The van der Waals surface area contributed by atoms with Crippen LogP contribution in [0, 0.1) is 0 Å². The molecule has 23 heavy (non-hydrogen) atoms. The Labute approximate surface area is 136 Å². The van der Waals surface area contributed by atoms with Gasteiger partial charge in [-0.1, -0.05) is 5.16 Å². The molecule has 0 aliphatic heterocycles. The summed E-state index contributed by atoms with van der Waals surface area (Å²) in [4.78, 5) is 15.2. The number of benzene rings is 1. The van der Waals surface area contributed by atoms with Gasteiger partial charge < -0.3 is 20.8 Å².